The fourth-order valence-electron chi connectivity index (χ4n) is 0.964. The summed E-state index contributed by atoms with van der Waals surface area (Å²) in [6.07, 6.45) is 5.48. The summed E-state index contributed by atoms with van der Waals surface area (Å²) in [6, 6.07) is 0. The van der Waals surface area contributed by atoms with E-state index in [9.17, 15) is 0 Å². The van der Waals surface area contributed by atoms with Gasteiger partial charge in [0.15, 0.2) is 0 Å². The minimum absolute atomic E-state index is 0.130. The molecule has 0 rings (SSSR count). The van der Waals surface area contributed by atoms with Gasteiger partial charge in [0.25, 0.3) is 0 Å². The van der Waals surface area contributed by atoms with E-state index in [1.165, 1.54) is 12.8 Å². The Kier molecular flexibility index (Phi) is 7.12. The third-order valence-corrected chi connectivity index (χ3v) is 2.42. The van der Waals surface area contributed by atoms with E-state index < -0.39 is 0 Å². The highest BCUT2D eigenvalue weighted by Crippen LogP contribution is 2.11. The third-order valence-electron chi connectivity index (χ3n) is 1.80. The van der Waals surface area contributed by atoms with E-state index in [0.29, 0.717) is 5.25 Å². The maximum Gasteiger partial charge on any atom is 0.0520 e. The molecule has 1 unspecified atom stereocenters. The summed E-state index contributed by atoms with van der Waals surface area (Å²) >= 11 is 4.39. The van der Waals surface area contributed by atoms with Gasteiger partial charge >= 0.3 is 0 Å². The SMILES string of the molecule is CCC(S)CCCCC(N)N. The van der Waals surface area contributed by atoms with Crippen LogP contribution >= 0.6 is 12.6 Å². The van der Waals surface area contributed by atoms with E-state index in [1.54, 1.807) is 0 Å². The van der Waals surface area contributed by atoms with Crippen LogP contribution in [0.25, 0.3) is 0 Å². The number of thiol groups is 1. The molecule has 0 spiro atoms. The van der Waals surface area contributed by atoms with Gasteiger partial charge in [0, 0.05) is 5.25 Å². The zero-order valence-corrected chi connectivity index (χ0v) is 8.19. The highest BCUT2D eigenvalue weighted by molar-refractivity contribution is 7.80. The number of nitrogens with two attached hydrogens (primary N) is 2. The van der Waals surface area contributed by atoms with E-state index in [-0.39, 0.29) is 6.17 Å². The number of rotatable bonds is 6. The first-order chi connectivity index (χ1) is 5.16. The van der Waals surface area contributed by atoms with Gasteiger partial charge in [-0.2, -0.15) is 12.6 Å². The highest BCUT2D eigenvalue weighted by atomic mass is 32.1. The van der Waals surface area contributed by atoms with Gasteiger partial charge in [0.05, 0.1) is 6.17 Å². The van der Waals surface area contributed by atoms with Crippen molar-refractivity contribution >= 4 is 12.6 Å². The molecule has 0 aliphatic carbocycles. The van der Waals surface area contributed by atoms with Crippen LogP contribution in [0.1, 0.15) is 39.0 Å². The molecule has 0 aromatic carbocycles. The van der Waals surface area contributed by atoms with Crippen molar-refractivity contribution in [2.45, 2.75) is 50.4 Å². The van der Waals surface area contributed by atoms with Crippen molar-refractivity contribution in [3.63, 3.8) is 0 Å². The molecule has 0 aliphatic rings. The molecule has 0 aliphatic heterocycles. The number of unbranched alkanes of at least 4 members (excludes halogenated alkanes) is 1. The van der Waals surface area contributed by atoms with Crippen LogP contribution in [-0.4, -0.2) is 11.4 Å². The standard InChI is InChI=1S/C8H20N2S/c1-2-7(11)5-3-4-6-8(9)10/h7-8,11H,2-6,9-10H2,1H3. The summed E-state index contributed by atoms with van der Waals surface area (Å²) in [5, 5.41) is 0.559. The first-order valence-corrected chi connectivity index (χ1v) is 4.87. The lowest BCUT2D eigenvalue weighted by atomic mass is 10.1. The lowest BCUT2D eigenvalue weighted by molar-refractivity contribution is 0.556. The zero-order chi connectivity index (χ0) is 8.69. The monoisotopic (exact) mass is 176 g/mol. The molecule has 0 saturated heterocycles. The molecule has 0 aromatic heterocycles. The normalized spacial score (nSPS) is 13.9. The molecule has 11 heavy (non-hydrogen) atoms. The van der Waals surface area contributed by atoms with Gasteiger partial charge in [0.1, 0.15) is 0 Å². The molecule has 0 aromatic rings. The fraction of sp³-hybridized carbons (Fsp3) is 1.00. The summed E-state index contributed by atoms with van der Waals surface area (Å²) in [5.74, 6) is 0. The molecule has 0 amide bonds. The van der Waals surface area contributed by atoms with E-state index in [1.807, 2.05) is 0 Å². The summed E-state index contributed by atoms with van der Waals surface area (Å²) in [6.45, 7) is 2.16. The van der Waals surface area contributed by atoms with E-state index in [0.717, 1.165) is 19.3 Å². The Morgan fingerprint density at radius 2 is 1.73 bits per heavy atom. The van der Waals surface area contributed by atoms with Crippen LogP contribution in [0, 0.1) is 0 Å². The van der Waals surface area contributed by atoms with Gasteiger partial charge in [0.2, 0.25) is 0 Å². The Balaban J connectivity index is 3.01. The van der Waals surface area contributed by atoms with Crippen molar-refractivity contribution in [1.29, 1.82) is 0 Å². The first kappa shape index (κ1) is 11.3. The van der Waals surface area contributed by atoms with Crippen molar-refractivity contribution in [3.8, 4) is 0 Å². The Bertz CT molecular complexity index is 86.2. The number of hydrogen-bond acceptors (Lipinski definition) is 3. The van der Waals surface area contributed by atoms with Crippen LogP contribution in [0.15, 0.2) is 0 Å². The largest absolute Gasteiger partial charge is 0.316 e. The summed E-state index contributed by atoms with van der Waals surface area (Å²) < 4.78 is 0. The van der Waals surface area contributed by atoms with Crippen LogP contribution in [0.3, 0.4) is 0 Å². The Morgan fingerprint density at radius 3 is 2.18 bits per heavy atom. The van der Waals surface area contributed by atoms with Gasteiger partial charge in [-0.15, -0.1) is 0 Å². The molecule has 0 heterocycles. The molecule has 0 saturated carbocycles. The second kappa shape index (κ2) is 6.95. The lowest BCUT2D eigenvalue weighted by Crippen LogP contribution is -2.29. The second-order valence-corrected chi connectivity index (χ2v) is 3.74. The molecule has 0 fully saturated rings. The first-order valence-electron chi connectivity index (χ1n) is 4.36. The molecule has 0 bridgehead atoms. The quantitative estimate of drug-likeness (QED) is 0.326. The minimum Gasteiger partial charge on any atom is -0.316 e. The maximum absolute atomic E-state index is 5.40. The third kappa shape index (κ3) is 8.17. The number of hydrogen-bond donors (Lipinski definition) is 3. The lowest BCUT2D eigenvalue weighted by Gasteiger charge is -2.07. The predicted molar refractivity (Wildman–Crippen MR) is 53.7 cm³/mol. The van der Waals surface area contributed by atoms with Gasteiger partial charge in [-0.05, 0) is 19.3 Å². The molecule has 1 atom stereocenters. The summed E-state index contributed by atoms with van der Waals surface area (Å²) in [7, 11) is 0. The minimum atomic E-state index is -0.130. The molecule has 0 radical (unpaired) electrons. The van der Waals surface area contributed by atoms with Crippen molar-refractivity contribution in [1.82, 2.24) is 0 Å². The van der Waals surface area contributed by atoms with Gasteiger partial charge in [-0.25, -0.2) is 0 Å². The average molecular weight is 176 g/mol. The average Bonchev–Trinajstić information content (AvgIpc) is 1.97. The maximum atomic E-state index is 5.40. The Labute approximate surface area is 75.1 Å². The molecule has 68 valence electrons. The summed E-state index contributed by atoms with van der Waals surface area (Å²) in [4.78, 5) is 0. The topological polar surface area (TPSA) is 52.0 Å². The highest BCUT2D eigenvalue weighted by Gasteiger charge is 1.99. The molecule has 4 N–H and O–H groups in total. The van der Waals surface area contributed by atoms with Crippen molar-refractivity contribution in [3.05, 3.63) is 0 Å². The predicted octanol–water partition coefficient (Wildman–Crippen LogP) is 1.50. The zero-order valence-electron chi connectivity index (χ0n) is 7.29. The van der Waals surface area contributed by atoms with E-state index >= 15 is 0 Å². The van der Waals surface area contributed by atoms with Crippen LogP contribution in [-0.2, 0) is 0 Å². The fourth-order valence-corrected chi connectivity index (χ4v) is 1.15. The second-order valence-electron chi connectivity index (χ2n) is 3.01. The van der Waals surface area contributed by atoms with Crippen molar-refractivity contribution in [2.75, 3.05) is 0 Å². The van der Waals surface area contributed by atoms with Crippen molar-refractivity contribution < 1.29 is 0 Å². The molecular weight excluding hydrogens is 156 g/mol. The Hall–Kier alpha value is 0.270. The molecule has 3 heteroatoms. The molecular formula is C8H20N2S. The molecule has 2 nitrogen and oxygen atoms in total. The van der Waals surface area contributed by atoms with Crippen LogP contribution in [0.2, 0.25) is 0 Å². The van der Waals surface area contributed by atoms with Crippen LogP contribution in [0.5, 0.6) is 0 Å². The smallest absolute Gasteiger partial charge is 0.0520 e. The van der Waals surface area contributed by atoms with Gasteiger partial charge < -0.3 is 11.5 Å². The van der Waals surface area contributed by atoms with Crippen LogP contribution in [0.4, 0.5) is 0 Å². The van der Waals surface area contributed by atoms with Gasteiger partial charge in [-0.3, -0.25) is 0 Å². The van der Waals surface area contributed by atoms with E-state index in [4.69, 9.17) is 11.5 Å². The Morgan fingerprint density at radius 1 is 1.18 bits per heavy atom. The van der Waals surface area contributed by atoms with Crippen LogP contribution < -0.4 is 11.5 Å². The van der Waals surface area contributed by atoms with Crippen molar-refractivity contribution in [2.24, 2.45) is 11.5 Å². The van der Waals surface area contributed by atoms with E-state index in [2.05, 4.69) is 19.6 Å². The van der Waals surface area contributed by atoms with Gasteiger partial charge in [-0.1, -0.05) is 19.8 Å². The summed E-state index contributed by atoms with van der Waals surface area (Å²) in [5.41, 5.74) is 10.8.